The summed E-state index contributed by atoms with van der Waals surface area (Å²) in [7, 11) is 1.63. The number of ether oxygens (including phenoxy) is 2. The van der Waals surface area contributed by atoms with Gasteiger partial charge in [-0.1, -0.05) is 56.1 Å². The Labute approximate surface area is 240 Å². The number of hydrogen-bond donors (Lipinski definition) is 1. The van der Waals surface area contributed by atoms with E-state index < -0.39 is 0 Å². The van der Waals surface area contributed by atoms with Gasteiger partial charge in [-0.3, -0.25) is 9.89 Å². The zero-order valence-corrected chi connectivity index (χ0v) is 24.5. The molecule has 9 heteroatoms. The first kappa shape index (κ1) is 26.7. The van der Waals surface area contributed by atoms with Crippen LogP contribution in [-0.4, -0.2) is 61.6 Å². The maximum absolute atomic E-state index is 14.3. The van der Waals surface area contributed by atoms with Crippen LogP contribution in [-0.2, 0) is 0 Å². The molecule has 2 atom stereocenters. The second-order valence-electron chi connectivity index (χ2n) is 9.13. The number of rotatable bonds is 6. The minimum atomic E-state index is -0.335. The molecular weight excluding hydrogens is 612 g/mol. The summed E-state index contributed by atoms with van der Waals surface area (Å²) >= 11 is 7.11. The molecule has 0 saturated carbocycles. The molecule has 2 aliphatic rings. The molecule has 7 nitrogen and oxygen atoms in total. The third-order valence-corrected chi connectivity index (χ3v) is 7.87. The number of nitrogens with zero attached hydrogens (tertiary/aromatic N) is 3. The molecular formula is C29H30Br2N4O3. The summed E-state index contributed by atoms with van der Waals surface area (Å²) in [6, 6.07) is 21.3. The Morgan fingerprint density at radius 3 is 2.21 bits per heavy atom. The lowest BCUT2D eigenvalue weighted by atomic mass is 9.94. The fraction of sp³-hybridized carbons (Fsp3) is 0.310. The largest absolute Gasteiger partial charge is 0.497 e. The SMILES string of the molecule is CCOc1cc(OC)ccc1C1=NC(c2ccc(Br)cc2)C(c2ccc(Br)cc2)N1C(=O)N1CCNCC1. The number of urea groups is 1. The molecule has 2 unspecified atom stereocenters. The molecule has 5 rings (SSSR count). The van der Waals surface area contributed by atoms with E-state index in [1.165, 1.54) is 0 Å². The van der Waals surface area contributed by atoms with Gasteiger partial charge in [0, 0.05) is 41.2 Å². The molecule has 3 aromatic carbocycles. The minimum Gasteiger partial charge on any atom is -0.497 e. The summed E-state index contributed by atoms with van der Waals surface area (Å²) in [5.41, 5.74) is 2.80. The molecule has 38 heavy (non-hydrogen) atoms. The molecule has 2 amide bonds. The van der Waals surface area contributed by atoms with E-state index in [0.29, 0.717) is 37.0 Å². The summed E-state index contributed by atoms with van der Waals surface area (Å²) in [5, 5.41) is 3.34. The molecule has 0 aromatic heterocycles. The highest BCUT2D eigenvalue weighted by Crippen LogP contribution is 2.45. The second-order valence-corrected chi connectivity index (χ2v) is 11.0. The summed E-state index contributed by atoms with van der Waals surface area (Å²) in [6.45, 7) is 5.22. The van der Waals surface area contributed by atoms with Gasteiger partial charge in [0.1, 0.15) is 23.4 Å². The van der Waals surface area contributed by atoms with Crippen LogP contribution in [0, 0.1) is 0 Å². The molecule has 1 saturated heterocycles. The van der Waals surface area contributed by atoms with Crippen molar-refractivity contribution in [2.75, 3.05) is 39.9 Å². The Kier molecular flexibility index (Phi) is 8.35. The van der Waals surface area contributed by atoms with Crippen molar-refractivity contribution in [3.63, 3.8) is 0 Å². The van der Waals surface area contributed by atoms with E-state index >= 15 is 0 Å². The van der Waals surface area contributed by atoms with Crippen LogP contribution in [0.25, 0.3) is 0 Å². The Hall–Kier alpha value is -2.88. The van der Waals surface area contributed by atoms with E-state index in [1.54, 1.807) is 7.11 Å². The zero-order chi connectivity index (χ0) is 26.6. The van der Waals surface area contributed by atoms with Crippen LogP contribution in [0.4, 0.5) is 4.79 Å². The third-order valence-electron chi connectivity index (χ3n) is 6.81. The Balaban J connectivity index is 1.69. The minimum absolute atomic E-state index is 0.0592. The zero-order valence-electron chi connectivity index (χ0n) is 21.4. The van der Waals surface area contributed by atoms with Gasteiger partial charge in [-0.05, 0) is 54.4 Å². The molecule has 0 bridgehead atoms. The van der Waals surface area contributed by atoms with E-state index in [-0.39, 0.29) is 18.1 Å². The number of halogens is 2. The fourth-order valence-electron chi connectivity index (χ4n) is 4.95. The number of carbonyl (C=O) groups is 1. The first-order valence-electron chi connectivity index (χ1n) is 12.7. The first-order chi connectivity index (χ1) is 18.5. The molecule has 198 valence electrons. The molecule has 3 aromatic rings. The van der Waals surface area contributed by atoms with Gasteiger partial charge in [0.25, 0.3) is 0 Å². The standard InChI is InChI=1S/C29H30Br2N4O3/c1-3-38-25-18-23(37-2)12-13-24(25)28-33-26(19-4-8-21(30)9-5-19)27(20-6-10-22(31)11-7-20)35(28)29(36)34-16-14-32-15-17-34/h4-13,18,26-27,32H,3,14-17H2,1-2H3. The molecule has 0 spiro atoms. The van der Waals surface area contributed by atoms with Crippen LogP contribution in [0.2, 0.25) is 0 Å². The van der Waals surface area contributed by atoms with E-state index in [0.717, 1.165) is 38.7 Å². The van der Waals surface area contributed by atoms with Crippen molar-refractivity contribution < 1.29 is 14.3 Å². The molecule has 2 heterocycles. The number of amidine groups is 1. The van der Waals surface area contributed by atoms with Gasteiger partial charge in [0.05, 0.1) is 25.3 Å². The lowest BCUT2D eigenvalue weighted by Gasteiger charge is -2.36. The Bertz CT molecular complexity index is 1310. The second kappa shape index (κ2) is 11.9. The van der Waals surface area contributed by atoms with Crippen molar-refractivity contribution in [3.05, 3.63) is 92.4 Å². The number of methoxy groups -OCH3 is 1. The maximum Gasteiger partial charge on any atom is 0.326 e. The number of hydrogen-bond acceptors (Lipinski definition) is 5. The highest BCUT2D eigenvalue weighted by atomic mass is 79.9. The summed E-state index contributed by atoms with van der Waals surface area (Å²) in [4.78, 5) is 23.4. The van der Waals surface area contributed by atoms with Crippen molar-refractivity contribution >= 4 is 43.7 Å². The number of carbonyl (C=O) groups excluding carboxylic acids is 1. The van der Waals surface area contributed by atoms with Crippen molar-refractivity contribution in [2.45, 2.75) is 19.0 Å². The Morgan fingerprint density at radius 1 is 0.974 bits per heavy atom. The summed E-state index contributed by atoms with van der Waals surface area (Å²) in [6.07, 6.45) is 0. The number of amides is 2. The summed E-state index contributed by atoms with van der Waals surface area (Å²) in [5.74, 6) is 1.92. The first-order valence-corrected chi connectivity index (χ1v) is 14.3. The lowest BCUT2D eigenvalue weighted by molar-refractivity contribution is 0.157. The van der Waals surface area contributed by atoms with Gasteiger partial charge in [-0.25, -0.2) is 4.79 Å². The molecule has 0 aliphatic carbocycles. The quantitative estimate of drug-likeness (QED) is 0.349. The van der Waals surface area contributed by atoms with Crippen LogP contribution >= 0.6 is 31.9 Å². The maximum atomic E-state index is 14.3. The van der Waals surface area contributed by atoms with Crippen LogP contribution in [0.1, 0.15) is 35.7 Å². The monoisotopic (exact) mass is 640 g/mol. The highest BCUT2D eigenvalue weighted by molar-refractivity contribution is 9.10. The van der Waals surface area contributed by atoms with Crippen molar-refractivity contribution in [1.82, 2.24) is 15.1 Å². The van der Waals surface area contributed by atoms with E-state index in [9.17, 15) is 4.79 Å². The van der Waals surface area contributed by atoms with Crippen molar-refractivity contribution in [1.29, 1.82) is 0 Å². The van der Waals surface area contributed by atoms with E-state index in [2.05, 4.69) is 61.4 Å². The van der Waals surface area contributed by atoms with Crippen LogP contribution in [0.3, 0.4) is 0 Å². The van der Waals surface area contributed by atoms with E-state index in [1.807, 2.05) is 59.2 Å². The van der Waals surface area contributed by atoms with Gasteiger partial charge in [-0.15, -0.1) is 0 Å². The lowest BCUT2D eigenvalue weighted by Crippen LogP contribution is -2.53. The van der Waals surface area contributed by atoms with Crippen molar-refractivity contribution in [2.24, 2.45) is 4.99 Å². The van der Waals surface area contributed by atoms with Gasteiger partial charge in [0.2, 0.25) is 0 Å². The Morgan fingerprint density at radius 2 is 1.61 bits per heavy atom. The molecule has 1 N–H and O–H groups in total. The smallest absolute Gasteiger partial charge is 0.326 e. The average molecular weight is 642 g/mol. The van der Waals surface area contributed by atoms with Crippen LogP contribution in [0.5, 0.6) is 11.5 Å². The molecule has 1 fully saturated rings. The summed E-state index contributed by atoms with van der Waals surface area (Å²) < 4.78 is 13.5. The number of benzene rings is 3. The van der Waals surface area contributed by atoms with Gasteiger partial charge < -0.3 is 19.7 Å². The van der Waals surface area contributed by atoms with Crippen molar-refractivity contribution in [3.8, 4) is 11.5 Å². The van der Waals surface area contributed by atoms with Gasteiger partial charge in [0.15, 0.2) is 0 Å². The average Bonchev–Trinajstić information content (AvgIpc) is 3.34. The third kappa shape index (κ3) is 5.46. The number of aliphatic imine (C=N–C) groups is 1. The molecule has 0 radical (unpaired) electrons. The van der Waals surface area contributed by atoms with Crippen LogP contribution < -0.4 is 14.8 Å². The van der Waals surface area contributed by atoms with Crippen LogP contribution in [0.15, 0.2) is 80.7 Å². The molecule has 2 aliphatic heterocycles. The normalized spacial score (nSPS) is 19.3. The predicted octanol–water partition coefficient (Wildman–Crippen LogP) is 6.19. The topological polar surface area (TPSA) is 66.4 Å². The number of piperazine rings is 1. The van der Waals surface area contributed by atoms with Gasteiger partial charge >= 0.3 is 6.03 Å². The van der Waals surface area contributed by atoms with Gasteiger partial charge in [-0.2, -0.15) is 0 Å². The fourth-order valence-corrected chi connectivity index (χ4v) is 5.48. The highest BCUT2D eigenvalue weighted by Gasteiger charge is 2.44. The predicted molar refractivity (Wildman–Crippen MR) is 156 cm³/mol. The number of nitrogens with one attached hydrogen (secondary N) is 1. The van der Waals surface area contributed by atoms with E-state index in [4.69, 9.17) is 14.5 Å².